The van der Waals surface area contributed by atoms with Crippen LogP contribution in [0.15, 0.2) is 4.63 Å². The van der Waals surface area contributed by atoms with Crippen LogP contribution in [0.1, 0.15) is 17.4 Å². The fourth-order valence-corrected chi connectivity index (χ4v) is 0.955. The largest absolute Gasteiger partial charge is 0.379 e. The summed E-state index contributed by atoms with van der Waals surface area (Å²) in [5, 5.41) is 9.38. The van der Waals surface area contributed by atoms with Crippen molar-refractivity contribution in [3.05, 3.63) is 5.69 Å². The van der Waals surface area contributed by atoms with Crippen molar-refractivity contribution in [2.45, 2.75) is 6.92 Å². The molecule has 0 aromatic carbocycles. The van der Waals surface area contributed by atoms with Gasteiger partial charge in [-0.2, -0.15) is 0 Å². The Morgan fingerprint density at radius 1 is 1.60 bits per heavy atom. The fraction of sp³-hybridized carbons (Fsp3) is 0.625. The summed E-state index contributed by atoms with van der Waals surface area (Å²) >= 11 is 0. The van der Waals surface area contributed by atoms with Crippen molar-refractivity contribution in [2.75, 3.05) is 32.4 Å². The summed E-state index contributed by atoms with van der Waals surface area (Å²) in [6.07, 6.45) is 0. The Morgan fingerprint density at radius 3 is 2.87 bits per heavy atom. The van der Waals surface area contributed by atoms with E-state index in [1.807, 2.05) is 14.0 Å². The Bertz CT molecular complexity index is 325. The van der Waals surface area contributed by atoms with Crippen LogP contribution in [-0.4, -0.2) is 47.8 Å². The van der Waals surface area contributed by atoms with Gasteiger partial charge in [0.15, 0.2) is 0 Å². The molecular formula is C8H15N5O2. The van der Waals surface area contributed by atoms with Gasteiger partial charge in [-0.3, -0.25) is 4.79 Å². The maximum Gasteiger partial charge on any atom is 0.277 e. The molecule has 0 saturated heterocycles. The van der Waals surface area contributed by atoms with Crippen LogP contribution in [-0.2, 0) is 0 Å². The third kappa shape index (κ3) is 3.21. The molecule has 1 rings (SSSR count). The minimum atomic E-state index is -0.363. The van der Waals surface area contributed by atoms with Crippen molar-refractivity contribution in [1.82, 2.24) is 20.5 Å². The SMILES string of the molecule is CCN(C)CCNC(=O)c1nonc1N. The zero-order valence-electron chi connectivity index (χ0n) is 8.86. The van der Waals surface area contributed by atoms with E-state index in [4.69, 9.17) is 5.73 Å². The lowest BCUT2D eigenvalue weighted by atomic mass is 10.4. The van der Waals surface area contributed by atoms with Gasteiger partial charge in [0.2, 0.25) is 11.5 Å². The van der Waals surface area contributed by atoms with Gasteiger partial charge in [-0.05, 0) is 23.9 Å². The van der Waals surface area contributed by atoms with Crippen LogP contribution in [0, 0.1) is 0 Å². The van der Waals surface area contributed by atoms with Gasteiger partial charge in [-0.25, -0.2) is 4.63 Å². The first-order valence-electron chi connectivity index (χ1n) is 4.70. The summed E-state index contributed by atoms with van der Waals surface area (Å²) < 4.78 is 4.32. The highest BCUT2D eigenvalue weighted by atomic mass is 16.6. The van der Waals surface area contributed by atoms with E-state index >= 15 is 0 Å². The Balaban J connectivity index is 2.34. The molecule has 1 aromatic heterocycles. The van der Waals surface area contributed by atoms with E-state index in [9.17, 15) is 4.79 Å². The molecule has 0 spiro atoms. The summed E-state index contributed by atoms with van der Waals surface area (Å²) in [5.41, 5.74) is 5.40. The normalized spacial score (nSPS) is 10.6. The highest BCUT2D eigenvalue weighted by Gasteiger charge is 2.14. The highest BCUT2D eigenvalue weighted by Crippen LogP contribution is 2.02. The Kier molecular flexibility index (Phi) is 4.04. The number of hydrogen-bond acceptors (Lipinski definition) is 6. The minimum Gasteiger partial charge on any atom is -0.379 e. The van der Waals surface area contributed by atoms with Gasteiger partial charge in [-0.1, -0.05) is 6.92 Å². The second-order valence-electron chi connectivity index (χ2n) is 3.15. The predicted octanol–water partition coefficient (Wildman–Crippen LogP) is -0.667. The number of carbonyl (C=O) groups excluding carboxylic acids is 1. The van der Waals surface area contributed by atoms with E-state index in [1.54, 1.807) is 0 Å². The van der Waals surface area contributed by atoms with E-state index in [1.165, 1.54) is 0 Å². The number of nitrogens with one attached hydrogen (secondary N) is 1. The molecule has 84 valence electrons. The number of nitrogens with zero attached hydrogens (tertiary/aromatic N) is 3. The average molecular weight is 213 g/mol. The third-order valence-corrected chi connectivity index (χ3v) is 2.05. The molecule has 0 aliphatic carbocycles. The second-order valence-corrected chi connectivity index (χ2v) is 3.15. The molecule has 1 amide bonds. The number of hydrogen-bond donors (Lipinski definition) is 2. The Labute approximate surface area is 87.6 Å². The lowest BCUT2D eigenvalue weighted by molar-refractivity contribution is 0.0941. The minimum absolute atomic E-state index is 0.0105. The van der Waals surface area contributed by atoms with Crippen LogP contribution < -0.4 is 11.1 Å². The van der Waals surface area contributed by atoms with Crippen molar-refractivity contribution < 1.29 is 9.42 Å². The van der Waals surface area contributed by atoms with Gasteiger partial charge >= 0.3 is 0 Å². The summed E-state index contributed by atoms with van der Waals surface area (Å²) in [6, 6.07) is 0. The Hall–Kier alpha value is -1.63. The first-order valence-corrected chi connectivity index (χ1v) is 4.70. The first kappa shape index (κ1) is 11.4. The summed E-state index contributed by atoms with van der Waals surface area (Å²) in [6.45, 7) is 4.29. The van der Waals surface area contributed by atoms with Crippen LogP contribution in [0.2, 0.25) is 0 Å². The molecular weight excluding hydrogens is 198 g/mol. The van der Waals surface area contributed by atoms with Gasteiger partial charge < -0.3 is 16.0 Å². The van der Waals surface area contributed by atoms with E-state index < -0.39 is 0 Å². The van der Waals surface area contributed by atoms with Gasteiger partial charge in [0, 0.05) is 13.1 Å². The van der Waals surface area contributed by atoms with E-state index in [2.05, 4.69) is 25.2 Å². The zero-order valence-corrected chi connectivity index (χ0v) is 8.86. The number of nitrogens with two attached hydrogens (primary N) is 1. The zero-order chi connectivity index (χ0) is 11.3. The molecule has 0 fully saturated rings. The quantitative estimate of drug-likeness (QED) is 0.673. The number of aromatic nitrogens is 2. The molecule has 0 aliphatic rings. The fourth-order valence-electron chi connectivity index (χ4n) is 0.955. The van der Waals surface area contributed by atoms with Crippen molar-refractivity contribution in [1.29, 1.82) is 0 Å². The molecule has 7 nitrogen and oxygen atoms in total. The predicted molar refractivity (Wildman–Crippen MR) is 54.2 cm³/mol. The van der Waals surface area contributed by atoms with Crippen molar-refractivity contribution >= 4 is 11.7 Å². The summed E-state index contributed by atoms with van der Waals surface area (Å²) in [4.78, 5) is 13.5. The lowest BCUT2D eigenvalue weighted by Crippen LogP contribution is -2.33. The number of nitrogen functional groups attached to an aromatic ring is 1. The standard InChI is InChI=1S/C8H15N5O2/c1-3-13(2)5-4-10-8(14)6-7(9)12-15-11-6/h3-5H2,1-2H3,(H2,9,12)(H,10,14). The summed E-state index contributed by atoms with van der Waals surface area (Å²) in [5.74, 6) is -0.352. The van der Waals surface area contributed by atoms with Crippen LogP contribution in [0.3, 0.4) is 0 Å². The van der Waals surface area contributed by atoms with Gasteiger partial charge in [0.25, 0.3) is 5.91 Å². The Morgan fingerprint density at radius 2 is 2.33 bits per heavy atom. The van der Waals surface area contributed by atoms with Crippen molar-refractivity contribution in [2.24, 2.45) is 0 Å². The maximum atomic E-state index is 11.4. The molecule has 1 aromatic rings. The third-order valence-electron chi connectivity index (χ3n) is 2.05. The van der Waals surface area contributed by atoms with Gasteiger partial charge in [0.05, 0.1) is 0 Å². The molecule has 1 heterocycles. The molecule has 3 N–H and O–H groups in total. The molecule has 0 bridgehead atoms. The van der Waals surface area contributed by atoms with Gasteiger partial charge in [0.1, 0.15) is 0 Å². The van der Waals surface area contributed by atoms with Gasteiger partial charge in [-0.15, -0.1) is 0 Å². The van der Waals surface area contributed by atoms with Crippen LogP contribution in [0.5, 0.6) is 0 Å². The topological polar surface area (TPSA) is 97.3 Å². The number of likely N-dealkylation sites (N-methyl/N-ethyl adjacent to an activating group) is 1. The molecule has 0 radical (unpaired) electrons. The highest BCUT2D eigenvalue weighted by molar-refractivity contribution is 5.95. The molecule has 0 saturated carbocycles. The number of amides is 1. The van der Waals surface area contributed by atoms with Crippen molar-refractivity contribution in [3.63, 3.8) is 0 Å². The van der Waals surface area contributed by atoms with Crippen LogP contribution in [0.4, 0.5) is 5.82 Å². The van der Waals surface area contributed by atoms with Crippen LogP contribution >= 0.6 is 0 Å². The number of rotatable bonds is 5. The molecule has 0 aliphatic heterocycles. The summed E-state index contributed by atoms with van der Waals surface area (Å²) in [7, 11) is 1.97. The van der Waals surface area contributed by atoms with E-state index in [0.29, 0.717) is 6.54 Å². The monoisotopic (exact) mass is 213 g/mol. The van der Waals surface area contributed by atoms with E-state index in [0.717, 1.165) is 13.1 Å². The maximum absolute atomic E-state index is 11.4. The molecule has 0 unspecified atom stereocenters. The number of anilines is 1. The average Bonchev–Trinajstić information content (AvgIpc) is 2.64. The number of carbonyl (C=O) groups is 1. The molecule has 7 heteroatoms. The first-order chi connectivity index (χ1) is 7.15. The van der Waals surface area contributed by atoms with E-state index in [-0.39, 0.29) is 17.4 Å². The second kappa shape index (κ2) is 5.30. The molecule has 15 heavy (non-hydrogen) atoms. The van der Waals surface area contributed by atoms with Crippen LogP contribution in [0.25, 0.3) is 0 Å². The lowest BCUT2D eigenvalue weighted by Gasteiger charge is -2.13. The molecule has 0 atom stereocenters. The smallest absolute Gasteiger partial charge is 0.277 e. The van der Waals surface area contributed by atoms with Crippen molar-refractivity contribution in [3.8, 4) is 0 Å².